The number of likely N-dealkylation sites (tertiary alicyclic amines) is 1. The number of carbonyl (C=O) groups excluding carboxylic acids is 1. The summed E-state index contributed by atoms with van der Waals surface area (Å²) in [5.74, 6) is 0.379. The molecule has 0 radical (unpaired) electrons. The lowest BCUT2D eigenvalue weighted by molar-refractivity contribution is -0.132. The number of hydrogen-bond donors (Lipinski definition) is 2. The molecular weight excluding hydrogens is 426 g/mol. The van der Waals surface area contributed by atoms with Crippen molar-refractivity contribution >= 4 is 11.6 Å². The Balaban J connectivity index is 1.46. The smallest absolute Gasteiger partial charge is 0.237 e. The summed E-state index contributed by atoms with van der Waals surface area (Å²) in [4.78, 5) is 18.7. The minimum absolute atomic E-state index is 0.0341. The fourth-order valence-corrected chi connectivity index (χ4v) is 5.02. The van der Waals surface area contributed by atoms with Gasteiger partial charge >= 0.3 is 0 Å². The third-order valence-corrected chi connectivity index (χ3v) is 7.00. The first-order valence-electron chi connectivity index (χ1n) is 11.8. The zero-order valence-electron chi connectivity index (χ0n) is 20.3. The van der Waals surface area contributed by atoms with Crippen LogP contribution < -0.4 is 5.32 Å². The Labute approximate surface area is 199 Å². The molecule has 1 fully saturated rings. The molecule has 1 aliphatic rings. The lowest BCUT2D eigenvalue weighted by Gasteiger charge is -2.43. The number of nitrogens with one attached hydrogen (secondary N) is 2. The molecule has 0 aliphatic carbocycles. The topological polar surface area (TPSA) is 91.2 Å². The van der Waals surface area contributed by atoms with Crippen LogP contribution in [0.25, 0.3) is 28.2 Å². The van der Waals surface area contributed by atoms with E-state index in [4.69, 9.17) is 5.10 Å². The van der Waals surface area contributed by atoms with Gasteiger partial charge in [-0.2, -0.15) is 10.2 Å². The van der Waals surface area contributed by atoms with E-state index in [2.05, 4.69) is 76.5 Å². The van der Waals surface area contributed by atoms with E-state index in [1.54, 1.807) is 17.9 Å². The van der Waals surface area contributed by atoms with Crippen molar-refractivity contribution in [2.75, 3.05) is 13.6 Å². The highest BCUT2D eigenvalue weighted by Gasteiger charge is 2.37. The maximum atomic E-state index is 12.1. The van der Waals surface area contributed by atoms with Crippen LogP contribution in [0.15, 0.2) is 42.9 Å². The maximum Gasteiger partial charge on any atom is 0.237 e. The lowest BCUT2D eigenvalue weighted by Crippen LogP contribution is -2.56. The normalized spacial score (nSPS) is 17.2. The van der Waals surface area contributed by atoms with Gasteiger partial charge in [-0.1, -0.05) is 38.1 Å². The number of aromatic nitrogens is 5. The molecule has 1 amide bonds. The van der Waals surface area contributed by atoms with Gasteiger partial charge in [-0.05, 0) is 48.9 Å². The molecule has 3 aromatic heterocycles. The monoisotopic (exact) mass is 457 g/mol. The van der Waals surface area contributed by atoms with Crippen LogP contribution in [0.1, 0.15) is 55.8 Å². The number of benzene rings is 1. The maximum absolute atomic E-state index is 12.1. The van der Waals surface area contributed by atoms with E-state index in [0.717, 1.165) is 46.7 Å². The molecule has 1 unspecified atom stereocenters. The first-order chi connectivity index (χ1) is 16.4. The van der Waals surface area contributed by atoms with E-state index >= 15 is 0 Å². The van der Waals surface area contributed by atoms with E-state index in [9.17, 15) is 4.79 Å². The van der Waals surface area contributed by atoms with Crippen molar-refractivity contribution in [3.05, 3.63) is 59.5 Å². The van der Waals surface area contributed by atoms with Crippen molar-refractivity contribution in [3.63, 3.8) is 0 Å². The molecule has 176 valence electrons. The average Bonchev–Trinajstić information content (AvgIpc) is 3.46. The molecule has 1 aromatic carbocycles. The Hall–Kier alpha value is -3.52. The molecule has 1 saturated heterocycles. The highest BCUT2D eigenvalue weighted by molar-refractivity contribution is 5.82. The lowest BCUT2D eigenvalue weighted by atomic mass is 9.92. The van der Waals surface area contributed by atoms with E-state index in [1.807, 2.05) is 13.1 Å². The second-order valence-electron chi connectivity index (χ2n) is 9.41. The Morgan fingerprint density at radius 1 is 1.18 bits per heavy atom. The van der Waals surface area contributed by atoms with Crippen molar-refractivity contribution in [1.29, 1.82) is 0 Å². The summed E-state index contributed by atoms with van der Waals surface area (Å²) in [5, 5.41) is 15.1. The highest BCUT2D eigenvalue weighted by Crippen LogP contribution is 2.37. The number of fused-ring (bicyclic) bond motifs is 1. The quantitative estimate of drug-likeness (QED) is 0.455. The predicted octanol–water partition coefficient (Wildman–Crippen LogP) is 4.10. The molecule has 5 rings (SSSR count). The summed E-state index contributed by atoms with van der Waals surface area (Å²) in [6.45, 7) is 9.54. The van der Waals surface area contributed by atoms with E-state index < -0.39 is 0 Å². The van der Waals surface area contributed by atoms with Gasteiger partial charge in [0.05, 0.1) is 17.4 Å². The van der Waals surface area contributed by atoms with Crippen LogP contribution >= 0.6 is 0 Å². The summed E-state index contributed by atoms with van der Waals surface area (Å²) in [7, 11) is 1.70. The molecule has 0 saturated carbocycles. The van der Waals surface area contributed by atoms with E-state index in [1.165, 1.54) is 11.1 Å². The van der Waals surface area contributed by atoms with Crippen LogP contribution in [0.3, 0.4) is 0 Å². The zero-order chi connectivity index (χ0) is 24.0. The third kappa shape index (κ3) is 3.68. The van der Waals surface area contributed by atoms with Crippen LogP contribution in [0.5, 0.6) is 0 Å². The summed E-state index contributed by atoms with van der Waals surface area (Å²) in [6.07, 6.45) is 4.48. The second-order valence-corrected chi connectivity index (χ2v) is 9.41. The van der Waals surface area contributed by atoms with Gasteiger partial charge in [-0.3, -0.25) is 14.8 Å². The van der Waals surface area contributed by atoms with Crippen LogP contribution in [0.4, 0.5) is 0 Å². The molecule has 4 aromatic rings. The Morgan fingerprint density at radius 3 is 2.59 bits per heavy atom. The molecule has 34 heavy (non-hydrogen) atoms. The largest absolute Gasteiger partial charge is 0.358 e. The van der Waals surface area contributed by atoms with Crippen LogP contribution in [0.2, 0.25) is 0 Å². The summed E-state index contributed by atoms with van der Waals surface area (Å²) in [6, 6.07) is 10.9. The number of hydrogen-bond acceptors (Lipinski definition) is 5. The van der Waals surface area contributed by atoms with Crippen LogP contribution in [-0.4, -0.2) is 55.2 Å². The zero-order valence-corrected chi connectivity index (χ0v) is 20.3. The highest BCUT2D eigenvalue weighted by atomic mass is 16.2. The van der Waals surface area contributed by atoms with Crippen LogP contribution in [-0.2, 0) is 4.79 Å². The Morgan fingerprint density at radius 2 is 1.94 bits per heavy atom. The molecule has 0 bridgehead atoms. The number of likely N-dealkylation sites (N-methyl/N-ethyl adjacent to an activating group) is 1. The fraction of sp³-hybridized carbons (Fsp3) is 0.385. The number of nitrogens with zero attached hydrogens (tertiary/aromatic N) is 5. The van der Waals surface area contributed by atoms with Crippen LogP contribution in [0, 0.1) is 6.92 Å². The van der Waals surface area contributed by atoms with Crippen molar-refractivity contribution in [3.8, 4) is 22.5 Å². The standard InChI is InChI=1S/C26H31N7O/c1-15(2)22-23(30-31-24(22)20-12-16(3)25-28-14-29-33(25)13-20)19-8-6-18(7-9-19)17(4)32-11-10-21(32)26(34)27-5/h6-9,12-15,17,21H,10-11H2,1-5H3,(H,27,34)(H,30,31)/t17-,21?/m0/s1. The third-order valence-electron chi connectivity index (χ3n) is 7.00. The number of H-pyrrole nitrogens is 1. The number of carbonyl (C=O) groups is 1. The number of pyridine rings is 1. The second kappa shape index (κ2) is 8.68. The van der Waals surface area contributed by atoms with Crippen molar-refractivity contribution in [2.45, 2.75) is 52.1 Å². The first-order valence-corrected chi connectivity index (χ1v) is 11.8. The number of aromatic amines is 1. The van der Waals surface area contributed by atoms with Gasteiger partial charge in [0.25, 0.3) is 0 Å². The minimum atomic E-state index is -0.0341. The predicted molar refractivity (Wildman–Crippen MR) is 132 cm³/mol. The molecule has 0 spiro atoms. The Kier molecular flexibility index (Phi) is 5.69. The number of amides is 1. The van der Waals surface area contributed by atoms with Crippen molar-refractivity contribution in [2.24, 2.45) is 0 Å². The fourth-order valence-electron chi connectivity index (χ4n) is 5.02. The van der Waals surface area contributed by atoms with Gasteiger partial charge in [0.1, 0.15) is 6.33 Å². The van der Waals surface area contributed by atoms with Gasteiger partial charge in [-0.15, -0.1) is 0 Å². The average molecular weight is 458 g/mol. The molecule has 8 nitrogen and oxygen atoms in total. The van der Waals surface area contributed by atoms with Gasteiger partial charge in [0, 0.05) is 37.0 Å². The molecule has 1 aliphatic heterocycles. The Bertz CT molecular complexity index is 1340. The minimum Gasteiger partial charge on any atom is -0.358 e. The van der Waals surface area contributed by atoms with E-state index in [0.29, 0.717) is 0 Å². The summed E-state index contributed by atoms with van der Waals surface area (Å²) >= 11 is 0. The van der Waals surface area contributed by atoms with Crippen molar-refractivity contribution < 1.29 is 4.79 Å². The van der Waals surface area contributed by atoms with Gasteiger partial charge < -0.3 is 5.32 Å². The first kappa shape index (κ1) is 22.3. The molecule has 2 N–H and O–H groups in total. The molecule has 2 atom stereocenters. The molecule has 4 heterocycles. The number of rotatable bonds is 6. The van der Waals surface area contributed by atoms with E-state index in [-0.39, 0.29) is 23.9 Å². The molecule has 8 heteroatoms. The number of aryl methyl sites for hydroxylation is 1. The van der Waals surface area contributed by atoms with Crippen molar-refractivity contribution in [1.82, 2.24) is 35.0 Å². The SMILES string of the molecule is CNC(=O)C1CCN1[C@@H](C)c1ccc(-c2[nH]nc(-c3cc(C)c4ncnn4c3)c2C(C)C)cc1. The van der Waals surface area contributed by atoms with Gasteiger partial charge in [-0.25, -0.2) is 9.50 Å². The van der Waals surface area contributed by atoms with Gasteiger partial charge in [0.15, 0.2) is 5.65 Å². The summed E-state index contributed by atoms with van der Waals surface area (Å²) in [5.41, 5.74) is 8.40. The summed E-state index contributed by atoms with van der Waals surface area (Å²) < 4.78 is 1.81. The molecular formula is C26H31N7O. The van der Waals surface area contributed by atoms with Gasteiger partial charge in [0.2, 0.25) is 5.91 Å².